The van der Waals surface area contributed by atoms with Gasteiger partial charge in [-0.2, -0.15) is 0 Å². The van der Waals surface area contributed by atoms with Crippen molar-refractivity contribution in [2.75, 3.05) is 6.54 Å². The number of aliphatic carboxylic acids is 1. The summed E-state index contributed by atoms with van der Waals surface area (Å²) in [7, 11) is 0. The van der Waals surface area contributed by atoms with E-state index in [0.29, 0.717) is 6.04 Å². The van der Waals surface area contributed by atoms with Crippen molar-refractivity contribution in [2.45, 2.75) is 51.6 Å². The average molecular weight is 185 g/mol. The van der Waals surface area contributed by atoms with Gasteiger partial charge < -0.3 is 5.11 Å². The number of hydrogen-bond donors (Lipinski definition) is 1. The van der Waals surface area contributed by atoms with E-state index in [1.54, 1.807) is 0 Å². The summed E-state index contributed by atoms with van der Waals surface area (Å²) in [4.78, 5) is 12.9. The zero-order chi connectivity index (χ0) is 9.84. The number of rotatable bonds is 4. The van der Waals surface area contributed by atoms with Crippen LogP contribution in [-0.2, 0) is 4.79 Å². The lowest BCUT2D eigenvalue weighted by atomic mass is 10.1. The van der Waals surface area contributed by atoms with E-state index in [1.807, 2.05) is 6.92 Å². The molecular weight excluding hydrogens is 166 g/mol. The van der Waals surface area contributed by atoms with Crippen LogP contribution in [0.1, 0.15) is 39.5 Å². The lowest BCUT2D eigenvalue weighted by molar-refractivity contribution is -0.138. The Morgan fingerprint density at radius 1 is 1.69 bits per heavy atom. The number of carbonyl (C=O) groups is 1. The van der Waals surface area contributed by atoms with Crippen LogP contribution in [0, 0.1) is 0 Å². The molecular formula is C10H19NO2. The number of hydrogen-bond acceptors (Lipinski definition) is 2. The number of nitrogens with zero attached hydrogens (tertiary/aromatic N) is 1. The summed E-state index contributed by atoms with van der Waals surface area (Å²) >= 11 is 0. The molecule has 0 spiro atoms. The first kappa shape index (κ1) is 10.5. The highest BCUT2D eigenvalue weighted by Crippen LogP contribution is 2.23. The van der Waals surface area contributed by atoms with Crippen molar-refractivity contribution in [3.63, 3.8) is 0 Å². The second-order valence-electron chi connectivity index (χ2n) is 3.89. The van der Waals surface area contributed by atoms with Gasteiger partial charge in [-0.25, -0.2) is 0 Å². The molecule has 13 heavy (non-hydrogen) atoms. The molecule has 3 nitrogen and oxygen atoms in total. The van der Waals surface area contributed by atoms with Gasteiger partial charge in [0.05, 0.1) is 6.42 Å². The van der Waals surface area contributed by atoms with Crippen molar-refractivity contribution in [1.82, 2.24) is 4.90 Å². The smallest absolute Gasteiger partial charge is 0.304 e. The minimum absolute atomic E-state index is 0.199. The predicted molar refractivity (Wildman–Crippen MR) is 51.7 cm³/mol. The summed E-state index contributed by atoms with van der Waals surface area (Å²) in [5.41, 5.74) is 0. The molecule has 1 N–H and O–H groups in total. The van der Waals surface area contributed by atoms with Gasteiger partial charge in [0.25, 0.3) is 0 Å². The number of carboxylic acids is 1. The summed E-state index contributed by atoms with van der Waals surface area (Å²) in [6, 6.07) is 0.819. The van der Waals surface area contributed by atoms with Gasteiger partial charge in [0, 0.05) is 12.1 Å². The van der Waals surface area contributed by atoms with Gasteiger partial charge in [-0.15, -0.1) is 0 Å². The molecule has 0 aromatic heterocycles. The van der Waals surface area contributed by atoms with Crippen LogP contribution in [0.2, 0.25) is 0 Å². The molecule has 0 aromatic carbocycles. The third-order valence-corrected chi connectivity index (χ3v) is 2.93. The minimum atomic E-state index is -0.686. The van der Waals surface area contributed by atoms with E-state index in [0.717, 1.165) is 13.0 Å². The minimum Gasteiger partial charge on any atom is -0.481 e. The fourth-order valence-corrected chi connectivity index (χ4v) is 2.25. The van der Waals surface area contributed by atoms with E-state index in [1.165, 1.54) is 12.8 Å². The van der Waals surface area contributed by atoms with Crippen molar-refractivity contribution in [3.8, 4) is 0 Å². The zero-order valence-electron chi connectivity index (χ0n) is 8.49. The Kier molecular flexibility index (Phi) is 3.72. The standard InChI is InChI=1S/C10H19NO2/c1-3-9-5-4-6-11(9)8(2)7-10(12)13/h8-9H,3-7H2,1-2H3,(H,12,13). The lowest BCUT2D eigenvalue weighted by Crippen LogP contribution is -2.38. The van der Waals surface area contributed by atoms with Crippen LogP contribution in [0.25, 0.3) is 0 Å². The van der Waals surface area contributed by atoms with E-state index in [-0.39, 0.29) is 12.5 Å². The normalized spacial score (nSPS) is 26.2. The van der Waals surface area contributed by atoms with E-state index in [2.05, 4.69) is 11.8 Å². The Bertz CT molecular complexity index is 182. The Labute approximate surface area is 79.7 Å². The molecule has 1 heterocycles. The molecule has 3 heteroatoms. The molecule has 1 fully saturated rings. The van der Waals surface area contributed by atoms with Crippen LogP contribution >= 0.6 is 0 Å². The third-order valence-electron chi connectivity index (χ3n) is 2.93. The first-order chi connectivity index (χ1) is 6.15. The Hall–Kier alpha value is -0.570. The molecule has 0 saturated carbocycles. The fourth-order valence-electron chi connectivity index (χ4n) is 2.25. The highest BCUT2D eigenvalue weighted by Gasteiger charge is 2.27. The second kappa shape index (κ2) is 4.61. The van der Waals surface area contributed by atoms with Crippen molar-refractivity contribution >= 4 is 5.97 Å². The van der Waals surface area contributed by atoms with Crippen LogP contribution in [0.5, 0.6) is 0 Å². The summed E-state index contributed by atoms with van der Waals surface area (Å²) in [5, 5.41) is 8.68. The molecule has 2 atom stereocenters. The molecule has 0 aromatic rings. The van der Waals surface area contributed by atoms with Crippen LogP contribution < -0.4 is 0 Å². The maximum Gasteiger partial charge on any atom is 0.304 e. The van der Waals surface area contributed by atoms with E-state index in [9.17, 15) is 4.79 Å². The van der Waals surface area contributed by atoms with Gasteiger partial charge in [-0.1, -0.05) is 6.92 Å². The molecule has 0 amide bonds. The molecule has 1 aliphatic heterocycles. The number of likely N-dealkylation sites (tertiary alicyclic amines) is 1. The zero-order valence-corrected chi connectivity index (χ0v) is 8.49. The summed E-state index contributed by atoms with van der Waals surface area (Å²) in [6.45, 7) is 5.27. The predicted octanol–water partition coefficient (Wildman–Crippen LogP) is 1.72. The topological polar surface area (TPSA) is 40.5 Å². The fraction of sp³-hybridized carbons (Fsp3) is 0.900. The SMILES string of the molecule is CCC1CCCN1C(C)CC(=O)O. The summed E-state index contributed by atoms with van der Waals surface area (Å²) in [5.74, 6) is -0.686. The van der Waals surface area contributed by atoms with Gasteiger partial charge in [0.15, 0.2) is 0 Å². The Balaban J connectivity index is 2.44. The maximum absolute atomic E-state index is 10.5. The van der Waals surface area contributed by atoms with Gasteiger partial charge in [-0.05, 0) is 32.7 Å². The Morgan fingerprint density at radius 3 is 2.92 bits per heavy atom. The van der Waals surface area contributed by atoms with Crippen LogP contribution in [-0.4, -0.2) is 34.6 Å². The van der Waals surface area contributed by atoms with Crippen molar-refractivity contribution in [1.29, 1.82) is 0 Å². The third kappa shape index (κ3) is 2.69. The van der Waals surface area contributed by atoms with Crippen molar-refractivity contribution in [3.05, 3.63) is 0 Å². The van der Waals surface area contributed by atoms with Crippen LogP contribution in [0.3, 0.4) is 0 Å². The largest absolute Gasteiger partial charge is 0.481 e. The van der Waals surface area contributed by atoms with Crippen molar-refractivity contribution in [2.24, 2.45) is 0 Å². The average Bonchev–Trinajstić information content (AvgIpc) is 2.49. The quantitative estimate of drug-likeness (QED) is 0.725. The van der Waals surface area contributed by atoms with Crippen LogP contribution in [0.4, 0.5) is 0 Å². The molecule has 2 unspecified atom stereocenters. The molecule has 0 radical (unpaired) electrons. The highest BCUT2D eigenvalue weighted by atomic mass is 16.4. The molecule has 1 rings (SSSR count). The molecule has 1 saturated heterocycles. The summed E-state index contributed by atoms with van der Waals surface area (Å²) in [6.07, 6.45) is 3.88. The maximum atomic E-state index is 10.5. The molecule has 0 aliphatic carbocycles. The van der Waals surface area contributed by atoms with Gasteiger partial charge in [-0.3, -0.25) is 9.69 Å². The van der Waals surface area contributed by atoms with Gasteiger partial charge >= 0.3 is 5.97 Å². The monoisotopic (exact) mass is 185 g/mol. The van der Waals surface area contributed by atoms with Crippen LogP contribution in [0.15, 0.2) is 0 Å². The van der Waals surface area contributed by atoms with Gasteiger partial charge in [0.1, 0.15) is 0 Å². The first-order valence-corrected chi connectivity index (χ1v) is 5.12. The molecule has 1 aliphatic rings. The number of carboxylic acid groups (broad SMARTS) is 1. The molecule has 76 valence electrons. The Morgan fingerprint density at radius 2 is 2.38 bits per heavy atom. The van der Waals surface area contributed by atoms with Crippen molar-refractivity contribution < 1.29 is 9.90 Å². The van der Waals surface area contributed by atoms with E-state index in [4.69, 9.17) is 5.11 Å². The lowest BCUT2D eigenvalue weighted by Gasteiger charge is -2.28. The highest BCUT2D eigenvalue weighted by molar-refractivity contribution is 5.67. The van der Waals surface area contributed by atoms with Gasteiger partial charge in [0.2, 0.25) is 0 Å². The molecule has 0 bridgehead atoms. The van der Waals surface area contributed by atoms with E-state index < -0.39 is 5.97 Å². The summed E-state index contributed by atoms with van der Waals surface area (Å²) < 4.78 is 0. The van der Waals surface area contributed by atoms with E-state index >= 15 is 0 Å². The second-order valence-corrected chi connectivity index (χ2v) is 3.89. The first-order valence-electron chi connectivity index (χ1n) is 5.12.